The molecule has 0 aliphatic rings. The van der Waals surface area contributed by atoms with Crippen LogP contribution in [0.25, 0.3) is 16.7 Å². The van der Waals surface area contributed by atoms with Gasteiger partial charge in [-0.2, -0.15) is 0 Å². The van der Waals surface area contributed by atoms with E-state index in [2.05, 4.69) is 4.98 Å². The molecule has 0 aliphatic heterocycles. The van der Waals surface area contributed by atoms with Crippen LogP contribution in [0.15, 0.2) is 36.4 Å². The molecule has 19 heavy (non-hydrogen) atoms. The van der Waals surface area contributed by atoms with Gasteiger partial charge in [0.25, 0.3) is 0 Å². The number of nitrogens with zero attached hydrogens (tertiary/aromatic N) is 2. The molecular weight excluding hydrogens is 272 g/mol. The minimum absolute atomic E-state index is 0.114. The zero-order valence-corrected chi connectivity index (χ0v) is 10.3. The van der Waals surface area contributed by atoms with E-state index in [1.165, 1.54) is 10.6 Å². The van der Waals surface area contributed by atoms with Crippen molar-refractivity contribution in [3.05, 3.63) is 53.1 Å². The largest absolute Gasteiger partial charge is 0.369 e. The average Bonchev–Trinajstić information content (AvgIpc) is 2.65. The quantitative estimate of drug-likeness (QED) is 0.740. The van der Waals surface area contributed by atoms with Gasteiger partial charge < -0.3 is 5.73 Å². The van der Waals surface area contributed by atoms with Crippen LogP contribution < -0.4 is 5.73 Å². The standard InChI is InChI=1S/C13H8ClF2N3/c14-7-1-3-10-12(5-7)19(13(17)18-10)11-4-2-8(15)6-9(11)16/h1-6H,(H2,17,18). The second-order valence-corrected chi connectivity index (χ2v) is 4.47. The molecule has 3 nitrogen and oxygen atoms in total. The number of fused-ring (bicyclic) bond motifs is 1. The monoisotopic (exact) mass is 279 g/mol. The summed E-state index contributed by atoms with van der Waals surface area (Å²) in [5.74, 6) is -1.25. The van der Waals surface area contributed by atoms with E-state index < -0.39 is 11.6 Å². The maximum absolute atomic E-state index is 13.8. The SMILES string of the molecule is Nc1nc2ccc(Cl)cc2n1-c1ccc(F)cc1F. The Kier molecular flexibility index (Phi) is 2.64. The first-order valence-electron chi connectivity index (χ1n) is 5.45. The van der Waals surface area contributed by atoms with Gasteiger partial charge in [-0.3, -0.25) is 4.57 Å². The molecule has 0 spiro atoms. The molecule has 0 unspecified atom stereocenters. The Labute approximate surface area is 112 Å². The first-order chi connectivity index (χ1) is 9.06. The lowest BCUT2D eigenvalue weighted by molar-refractivity contribution is 0.579. The molecule has 0 saturated heterocycles. The first kappa shape index (κ1) is 11.9. The molecule has 1 aromatic heterocycles. The van der Waals surface area contributed by atoms with E-state index in [-0.39, 0.29) is 11.6 Å². The fraction of sp³-hybridized carbons (Fsp3) is 0. The fourth-order valence-electron chi connectivity index (χ4n) is 1.98. The van der Waals surface area contributed by atoms with Crippen LogP contribution in [0.3, 0.4) is 0 Å². The number of halogens is 3. The van der Waals surface area contributed by atoms with Crippen LogP contribution in [-0.4, -0.2) is 9.55 Å². The van der Waals surface area contributed by atoms with Crippen LogP contribution >= 0.6 is 11.6 Å². The summed E-state index contributed by atoms with van der Waals surface area (Å²) in [6.07, 6.45) is 0. The minimum atomic E-state index is -0.717. The van der Waals surface area contributed by atoms with Crippen LogP contribution in [0.1, 0.15) is 0 Å². The van der Waals surface area contributed by atoms with Crippen molar-refractivity contribution in [3.63, 3.8) is 0 Å². The van der Waals surface area contributed by atoms with Crippen LogP contribution in [0, 0.1) is 11.6 Å². The van der Waals surface area contributed by atoms with Crippen molar-refractivity contribution < 1.29 is 8.78 Å². The highest BCUT2D eigenvalue weighted by atomic mass is 35.5. The van der Waals surface area contributed by atoms with Gasteiger partial charge in [-0.15, -0.1) is 0 Å². The Morgan fingerprint density at radius 2 is 1.89 bits per heavy atom. The Balaban J connectivity index is 2.35. The summed E-state index contributed by atoms with van der Waals surface area (Å²) in [5, 5.41) is 0.483. The van der Waals surface area contributed by atoms with Crippen LogP contribution in [0.2, 0.25) is 5.02 Å². The molecule has 2 aromatic carbocycles. The van der Waals surface area contributed by atoms with Crippen molar-refractivity contribution in [1.29, 1.82) is 0 Å². The number of imidazole rings is 1. The smallest absolute Gasteiger partial charge is 0.206 e. The number of nitrogen functional groups attached to an aromatic ring is 1. The second kappa shape index (κ2) is 4.20. The Hall–Kier alpha value is -2.14. The number of rotatable bonds is 1. The van der Waals surface area contributed by atoms with Gasteiger partial charge in [-0.25, -0.2) is 13.8 Å². The summed E-state index contributed by atoms with van der Waals surface area (Å²) in [7, 11) is 0. The van der Waals surface area contributed by atoms with Crippen molar-refractivity contribution in [2.75, 3.05) is 5.73 Å². The van der Waals surface area contributed by atoms with Gasteiger partial charge >= 0.3 is 0 Å². The third-order valence-corrected chi connectivity index (χ3v) is 3.03. The zero-order chi connectivity index (χ0) is 13.6. The van der Waals surface area contributed by atoms with Crippen LogP contribution in [0.4, 0.5) is 14.7 Å². The normalized spacial score (nSPS) is 11.1. The van der Waals surface area contributed by atoms with E-state index in [1.807, 2.05) is 0 Å². The van der Waals surface area contributed by atoms with Gasteiger partial charge in [-0.1, -0.05) is 11.6 Å². The van der Waals surface area contributed by atoms with Crippen molar-refractivity contribution in [2.45, 2.75) is 0 Å². The van der Waals surface area contributed by atoms with Gasteiger partial charge in [0, 0.05) is 11.1 Å². The van der Waals surface area contributed by atoms with Crippen LogP contribution in [-0.2, 0) is 0 Å². The van der Waals surface area contributed by atoms with E-state index in [1.54, 1.807) is 18.2 Å². The number of aromatic nitrogens is 2. The second-order valence-electron chi connectivity index (χ2n) is 4.03. The highest BCUT2D eigenvalue weighted by Gasteiger charge is 2.14. The number of nitrogens with two attached hydrogens (primary N) is 1. The van der Waals surface area contributed by atoms with Gasteiger partial charge in [-0.05, 0) is 30.3 Å². The highest BCUT2D eigenvalue weighted by Crippen LogP contribution is 2.27. The lowest BCUT2D eigenvalue weighted by Crippen LogP contribution is -2.03. The van der Waals surface area contributed by atoms with Crippen molar-refractivity contribution in [2.24, 2.45) is 0 Å². The molecule has 3 rings (SSSR count). The van der Waals surface area contributed by atoms with Crippen molar-refractivity contribution >= 4 is 28.6 Å². The summed E-state index contributed by atoms with van der Waals surface area (Å²) in [6, 6.07) is 8.25. The van der Waals surface area contributed by atoms with Gasteiger partial charge in [0.05, 0.1) is 16.7 Å². The van der Waals surface area contributed by atoms with E-state index in [0.717, 1.165) is 12.1 Å². The molecule has 0 atom stereocenters. The molecule has 0 fully saturated rings. The molecule has 0 aliphatic carbocycles. The molecule has 3 aromatic rings. The van der Waals surface area contributed by atoms with Crippen molar-refractivity contribution in [1.82, 2.24) is 9.55 Å². The average molecular weight is 280 g/mol. The molecule has 96 valence electrons. The summed E-state index contributed by atoms with van der Waals surface area (Å²) in [4.78, 5) is 4.12. The third-order valence-electron chi connectivity index (χ3n) is 2.79. The molecule has 0 radical (unpaired) electrons. The van der Waals surface area contributed by atoms with E-state index in [0.29, 0.717) is 16.1 Å². The number of hydrogen-bond donors (Lipinski definition) is 1. The van der Waals surface area contributed by atoms with E-state index in [9.17, 15) is 8.78 Å². The summed E-state index contributed by atoms with van der Waals surface area (Å²) in [5.41, 5.74) is 7.07. The number of anilines is 1. The molecule has 0 bridgehead atoms. The number of benzene rings is 2. The Bertz CT molecular complexity index is 783. The Morgan fingerprint density at radius 3 is 2.63 bits per heavy atom. The third kappa shape index (κ3) is 1.92. The minimum Gasteiger partial charge on any atom is -0.369 e. The zero-order valence-electron chi connectivity index (χ0n) is 9.57. The number of hydrogen-bond acceptors (Lipinski definition) is 2. The maximum atomic E-state index is 13.8. The van der Waals surface area contributed by atoms with E-state index in [4.69, 9.17) is 17.3 Å². The fourth-order valence-corrected chi connectivity index (χ4v) is 2.15. The van der Waals surface area contributed by atoms with Gasteiger partial charge in [0.2, 0.25) is 5.95 Å². The topological polar surface area (TPSA) is 43.8 Å². The summed E-state index contributed by atoms with van der Waals surface area (Å²) >= 11 is 5.92. The van der Waals surface area contributed by atoms with Gasteiger partial charge in [0.15, 0.2) is 0 Å². The summed E-state index contributed by atoms with van der Waals surface area (Å²) < 4.78 is 28.2. The molecule has 2 N–H and O–H groups in total. The predicted molar refractivity (Wildman–Crippen MR) is 70.4 cm³/mol. The molecule has 0 amide bonds. The van der Waals surface area contributed by atoms with E-state index >= 15 is 0 Å². The van der Waals surface area contributed by atoms with Crippen LogP contribution in [0.5, 0.6) is 0 Å². The molecule has 6 heteroatoms. The van der Waals surface area contributed by atoms with Gasteiger partial charge in [0.1, 0.15) is 11.6 Å². The lowest BCUT2D eigenvalue weighted by Gasteiger charge is -2.07. The molecule has 1 heterocycles. The predicted octanol–water partition coefficient (Wildman–Crippen LogP) is 3.54. The molecular formula is C13H8ClF2N3. The lowest BCUT2D eigenvalue weighted by atomic mass is 10.2. The first-order valence-corrected chi connectivity index (χ1v) is 5.83. The molecule has 0 saturated carbocycles. The summed E-state index contributed by atoms with van der Waals surface area (Å²) in [6.45, 7) is 0. The highest BCUT2D eigenvalue weighted by molar-refractivity contribution is 6.31. The van der Waals surface area contributed by atoms with Crippen molar-refractivity contribution in [3.8, 4) is 5.69 Å². The Morgan fingerprint density at radius 1 is 1.11 bits per heavy atom. The maximum Gasteiger partial charge on any atom is 0.206 e.